The van der Waals surface area contributed by atoms with Gasteiger partial charge in [-0.2, -0.15) is 0 Å². The van der Waals surface area contributed by atoms with E-state index in [4.69, 9.17) is 0 Å². The molecule has 0 aromatic carbocycles. The zero-order chi connectivity index (χ0) is 5.70. The summed E-state index contributed by atoms with van der Waals surface area (Å²) in [6.45, 7) is 1.73. The number of rotatable bonds is 1. The normalized spacial score (nSPS) is 9.29. The smallest absolute Gasteiger partial charge is 0.404 e. The van der Waals surface area contributed by atoms with E-state index in [9.17, 15) is 4.79 Å². The van der Waals surface area contributed by atoms with E-state index >= 15 is 0 Å². The molecule has 2 nitrogen and oxygen atoms in total. The zero-order valence-corrected chi connectivity index (χ0v) is 4.70. The monoisotopic (exact) mass is 117 g/mol. The van der Waals surface area contributed by atoms with E-state index in [-0.39, 0.29) is 0 Å². The number of allylic oxidation sites excluding steroid dienone is 1. The first kappa shape index (κ1) is 6.43. The molecular formula is C4H5O2S. The Bertz CT molecular complexity index is 87.7. The molecule has 7 heavy (non-hydrogen) atoms. The standard InChI is InChI=1S/C4H5O2S/c1-2-3-6-4(5)7/h2-3H,1H3. The summed E-state index contributed by atoms with van der Waals surface area (Å²) in [4.78, 5) is 9.74. The molecule has 0 atom stereocenters. The van der Waals surface area contributed by atoms with Crippen molar-refractivity contribution in [3.8, 4) is 0 Å². The first-order valence-electron chi connectivity index (χ1n) is 1.76. The average Bonchev–Trinajstić information content (AvgIpc) is 1.61. The predicted molar refractivity (Wildman–Crippen MR) is 28.9 cm³/mol. The van der Waals surface area contributed by atoms with E-state index in [0.717, 1.165) is 0 Å². The molecule has 3 heteroatoms. The molecule has 0 saturated carbocycles. The van der Waals surface area contributed by atoms with Crippen LogP contribution in [0.15, 0.2) is 12.3 Å². The SMILES string of the molecule is CC=COC(=O)[S]. The molecule has 0 aliphatic heterocycles. The first-order chi connectivity index (χ1) is 3.27. The van der Waals surface area contributed by atoms with Crippen molar-refractivity contribution >= 4 is 17.9 Å². The van der Waals surface area contributed by atoms with E-state index in [0.29, 0.717) is 0 Å². The molecule has 0 fully saturated rings. The highest BCUT2D eigenvalue weighted by molar-refractivity contribution is 7.96. The maximum atomic E-state index is 9.74. The number of carbonyl (C=O) groups excluding carboxylic acids is 1. The third-order valence-electron chi connectivity index (χ3n) is 0.300. The highest BCUT2D eigenvalue weighted by Crippen LogP contribution is 1.84. The second-order valence-electron chi connectivity index (χ2n) is 0.837. The van der Waals surface area contributed by atoms with Gasteiger partial charge in [0.15, 0.2) is 0 Å². The number of carbonyl (C=O) groups is 1. The lowest BCUT2D eigenvalue weighted by Gasteiger charge is -1.82. The molecule has 0 spiro atoms. The Morgan fingerprint density at radius 2 is 2.43 bits per heavy atom. The molecule has 0 heterocycles. The number of hydrogen-bond acceptors (Lipinski definition) is 2. The zero-order valence-electron chi connectivity index (χ0n) is 3.88. The fourth-order valence-corrected chi connectivity index (χ4v) is 0.179. The Kier molecular flexibility index (Phi) is 3.32. The fraction of sp³-hybridized carbons (Fsp3) is 0.250. The van der Waals surface area contributed by atoms with Crippen molar-refractivity contribution in [3.63, 3.8) is 0 Å². The Hall–Kier alpha value is -0.570. The van der Waals surface area contributed by atoms with E-state index in [2.05, 4.69) is 17.4 Å². The van der Waals surface area contributed by atoms with Gasteiger partial charge in [-0.1, -0.05) is 6.08 Å². The summed E-state index contributed by atoms with van der Waals surface area (Å²) in [5.41, 5.74) is 0. The lowest BCUT2D eigenvalue weighted by Crippen LogP contribution is -1.80. The van der Waals surface area contributed by atoms with Gasteiger partial charge in [-0.15, -0.1) is 0 Å². The maximum absolute atomic E-state index is 9.74. The highest BCUT2D eigenvalue weighted by Gasteiger charge is 1.84. The van der Waals surface area contributed by atoms with Crippen LogP contribution >= 0.6 is 12.6 Å². The van der Waals surface area contributed by atoms with Crippen LogP contribution in [0.25, 0.3) is 0 Å². The van der Waals surface area contributed by atoms with Gasteiger partial charge < -0.3 is 4.74 Å². The molecule has 0 aliphatic rings. The van der Waals surface area contributed by atoms with Gasteiger partial charge >= 0.3 is 5.30 Å². The molecule has 0 N–H and O–H groups in total. The van der Waals surface area contributed by atoms with Crippen LogP contribution in [-0.4, -0.2) is 5.30 Å². The van der Waals surface area contributed by atoms with Gasteiger partial charge in [-0.05, 0) is 6.92 Å². The molecular weight excluding hydrogens is 112 g/mol. The Morgan fingerprint density at radius 3 is 2.57 bits per heavy atom. The number of ether oxygens (including phenoxy) is 1. The molecule has 0 aromatic heterocycles. The maximum Gasteiger partial charge on any atom is 0.404 e. The van der Waals surface area contributed by atoms with Gasteiger partial charge in [0.25, 0.3) is 0 Å². The summed E-state index contributed by atoms with van der Waals surface area (Å²) < 4.78 is 4.19. The van der Waals surface area contributed by atoms with Gasteiger partial charge in [0, 0.05) is 12.6 Å². The van der Waals surface area contributed by atoms with Crippen molar-refractivity contribution in [1.29, 1.82) is 0 Å². The van der Waals surface area contributed by atoms with Crippen LogP contribution in [-0.2, 0) is 4.74 Å². The van der Waals surface area contributed by atoms with Gasteiger partial charge in [-0.3, -0.25) is 0 Å². The van der Waals surface area contributed by atoms with E-state index < -0.39 is 5.30 Å². The summed E-state index contributed by atoms with van der Waals surface area (Å²) in [7, 11) is 0. The van der Waals surface area contributed by atoms with Gasteiger partial charge in [0.1, 0.15) is 0 Å². The van der Waals surface area contributed by atoms with Crippen LogP contribution in [0.4, 0.5) is 4.79 Å². The van der Waals surface area contributed by atoms with Crippen molar-refractivity contribution in [3.05, 3.63) is 12.3 Å². The Balaban J connectivity index is 3.14. The lowest BCUT2D eigenvalue weighted by molar-refractivity contribution is 0.214. The molecule has 39 valence electrons. The third-order valence-corrected chi connectivity index (χ3v) is 0.397. The molecule has 0 bridgehead atoms. The van der Waals surface area contributed by atoms with Crippen LogP contribution < -0.4 is 0 Å². The molecule has 0 amide bonds. The molecule has 0 aliphatic carbocycles. The lowest BCUT2D eigenvalue weighted by atomic mass is 10.7. The topological polar surface area (TPSA) is 26.3 Å². The third kappa shape index (κ3) is 5.43. The quantitative estimate of drug-likeness (QED) is 0.387. The molecule has 0 aromatic rings. The van der Waals surface area contributed by atoms with E-state index in [1.807, 2.05) is 0 Å². The average molecular weight is 117 g/mol. The van der Waals surface area contributed by atoms with Crippen LogP contribution in [0.5, 0.6) is 0 Å². The summed E-state index contributed by atoms with van der Waals surface area (Å²) in [5.74, 6) is 0. The van der Waals surface area contributed by atoms with Crippen LogP contribution in [0.2, 0.25) is 0 Å². The molecule has 0 saturated heterocycles. The van der Waals surface area contributed by atoms with E-state index in [1.54, 1.807) is 13.0 Å². The minimum absolute atomic E-state index is 0.696. The molecule has 1 radical (unpaired) electrons. The predicted octanol–water partition coefficient (Wildman–Crippen LogP) is 1.85. The number of hydrogen-bond donors (Lipinski definition) is 0. The fourth-order valence-electron chi connectivity index (χ4n) is 0.124. The molecule has 0 unspecified atom stereocenters. The minimum atomic E-state index is -0.696. The van der Waals surface area contributed by atoms with Gasteiger partial charge in [0.05, 0.1) is 6.26 Å². The summed E-state index contributed by atoms with van der Waals surface area (Å²) in [5, 5.41) is -0.696. The van der Waals surface area contributed by atoms with Crippen molar-refractivity contribution in [1.82, 2.24) is 0 Å². The second kappa shape index (κ2) is 3.61. The summed E-state index contributed by atoms with van der Waals surface area (Å²) in [6, 6.07) is 0. The highest BCUT2D eigenvalue weighted by atomic mass is 32.1. The van der Waals surface area contributed by atoms with Crippen molar-refractivity contribution in [2.45, 2.75) is 6.92 Å². The van der Waals surface area contributed by atoms with Crippen molar-refractivity contribution in [2.75, 3.05) is 0 Å². The molecule has 0 rings (SSSR count). The summed E-state index contributed by atoms with van der Waals surface area (Å²) >= 11 is 4.03. The first-order valence-corrected chi connectivity index (χ1v) is 2.17. The van der Waals surface area contributed by atoms with Crippen molar-refractivity contribution < 1.29 is 9.53 Å². The van der Waals surface area contributed by atoms with Crippen LogP contribution in [0.1, 0.15) is 6.92 Å². The van der Waals surface area contributed by atoms with Gasteiger partial charge in [-0.25, -0.2) is 4.79 Å². The van der Waals surface area contributed by atoms with E-state index in [1.165, 1.54) is 6.26 Å². The Labute approximate surface area is 47.6 Å². The van der Waals surface area contributed by atoms with Crippen LogP contribution in [0.3, 0.4) is 0 Å². The Morgan fingerprint density at radius 1 is 1.86 bits per heavy atom. The minimum Gasteiger partial charge on any atom is -0.423 e. The van der Waals surface area contributed by atoms with Crippen molar-refractivity contribution in [2.24, 2.45) is 0 Å². The summed E-state index contributed by atoms with van der Waals surface area (Å²) in [6.07, 6.45) is 2.83. The second-order valence-corrected chi connectivity index (χ2v) is 1.17. The largest absolute Gasteiger partial charge is 0.423 e. The van der Waals surface area contributed by atoms with Crippen LogP contribution in [0, 0.1) is 0 Å². The van der Waals surface area contributed by atoms with Gasteiger partial charge in [0.2, 0.25) is 0 Å².